The molecule has 0 spiro atoms. The number of ether oxygens (including phenoxy) is 4. The molecule has 2 aromatic rings. The number of hydrogen-bond donors (Lipinski definition) is 0. The van der Waals surface area contributed by atoms with Crippen LogP contribution in [-0.4, -0.2) is 151 Å². The summed E-state index contributed by atoms with van der Waals surface area (Å²) in [6, 6.07) is 11.9. The standard InChI is InChI=1S/C22H26N2O6.C2H3N.2CHF3O3S.Ba.Fe/c25-21-17-3-1-5-19(21)29-13-11-27-9-10-28-12-14-30-20-6-2-4-18(22(20)26)16-24-8-7-23-15-17;1-2-3;2*2-1(3,4)8(5,6)7;;/h1-6,15-16,25-26H,7-14H2;1H3;2*(H,5,6,7);;/q;;;;2*+2/p-4. The molecule has 0 fully saturated rings. The van der Waals surface area contributed by atoms with Crippen LogP contribution in [-0.2, 0) is 46.8 Å². The zero-order valence-corrected chi connectivity index (χ0v) is 33.3. The second-order valence-corrected chi connectivity index (χ2v) is 11.1. The summed E-state index contributed by atoms with van der Waals surface area (Å²) < 4.78 is 140. The van der Waals surface area contributed by atoms with E-state index in [0.29, 0.717) is 50.6 Å². The van der Waals surface area contributed by atoms with Gasteiger partial charge in [-0.2, -0.15) is 31.6 Å². The van der Waals surface area contributed by atoms with Gasteiger partial charge in [0.25, 0.3) is 0 Å². The van der Waals surface area contributed by atoms with Crippen molar-refractivity contribution in [3.63, 3.8) is 0 Å². The molecule has 1 heterocycles. The topological polar surface area (TPSA) is 246 Å². The van der Waals surface area contributed by atoms with Gasteiger partial charge in [-0.15, -0.1) is 0 Å². The molecule has 282 valence electrons. The minimum Gasteiger partial charge on any atom is -0.870 e. The Morgan fingerprint density at radius 2 is 0.961 bits per heavy atom. The number of halogens is 6. The molecule has 0 saturated heterocycles. The van der Waals surface area contributed by atoms with Crippen LogP contribution >= 0.6 is 0 Å². The van der Waals surface area contributed by atoms with Gasteiger partial charge in [-0.3, -0.25) is 9.98 Å². The molecule has 2 aromatic carbocycles. The SMILES string of the molecule is CC#N.O=S(=O)([O-])C(F)(F)F.O=S(=O)([O-])C(F)(F)F.[Ba+2].[Fe+2].[O-]c1c2cccc1OCCOCCOCCOc1cccc(c1[O-])C=NCCN=C2. The summed E-state index contributed by atoms with van der Waals surface area (Å²) in [5.74, 6) is 0.0870. The van der Waals surface area contributed by atoms with Crippen molar-refractivity contribution in [3.8, 4) is 29.1 Å². The van der Waals surface area contributed by atoms with Gasteiger partial charge in [0.1, 0.15) is 24.7 Å². The monoisotopic (exact) mass is 945 g/mol. The van der Waals surface area contributed by atoms with Gasteiger partial charge in [-0.1, -0.05) is 35.8 Å². The Balaban J connectivity index is -0.000000908. The molecule has 25 heteroatoms. The Morgan fingerprint density at radius 3 is 1.24 bits per heavy atom. The Labute approximate surface area is 339 Å². The second-order valence-electron chi connectivity index (χ2n) is 8.36. The molecule has 15 nitrogen and oxygen atoms in total. The third-order valence-electron chi connectivity index (χ3n) is 4.75. The van der Waals surface area contributed by atoms with E-state index in [9.17, 15) is 36.6 Å². The quantitative estimate of drug-likeness (QED) is 0.157. The van der Waals surface area contributed by atoms with E-state index in [0.717, 1.165) is 0 Å². The van der Waals surface area contributed by atoms with Crippen molar-refractivity contribution < 1.29 is 98.5 Å². The van der Waals surface area contributed by atoms with Crippen molar-refractivity contribution in [2.45, 2.75) is 17.9 Å². The first-order valence-electron chi connectivity index (χ1n) is 13.0. The van der Waals surface area contributed by atoms with Crippen molar-refractivity contribution in [1.82, 2.24) is 0 Å². The summed E-state index contributed by atoms with van der Waals surface area (Å²) in [6.45, 7) is 4.17. The van der Waals surface area contributed by atoms with Gasteiger partial charge < -0.3 is 38.3 Å². The van der Waals surface area contributed by atoms with Crippen molar-refractivity contribution in [3.05, 3.63) is 47.5 Å². The average Bonchev–Trinajstić information content (AvgIpc) is 2.97. The average molecular weight is 945 g/mol. The predicted octanol–water partition coefficient (Wildman–Crippen LogP) is 1.43. The van der Waals surface area contributed by atoms with Gasteiger partial charge >= 0.3 is 77.0 Å². The molecular formula is C26H27BaF6FeN3O12S2. The third kappa shape index (κ3) is 23.2. The van der Waals surface area contributed by atoms with Gasteiger partial charge in [0.15, 0.2) is 20.2 Å². The van der Waals surface area contributed by atoms with Crippen LogP contribution in [0.25, 0.3) is 0 Å². The number of nitriles is 1. The van der Waals surface area contributed by atoms with E-state index in [1.807, 2.05) is 0 Å². The number of benzene rings is 2. The molecule has 0 atom stereocenters. The summed E-state index contributed by atoms with van der Waals surface area (Å²) in [5.41, 5.74) is -10.4. The molecule has 0 amide bonds. The van der Waals surface area contributed by atoms with Crippen molar-refractivity contribution in [2.24, 2.45) is 9.98 Å². The van der Waals surface area contributed by atoms with Crippen LogP contribution < -0.4 is 19.7 Å². The smallest absolute Gasteiger partial charge is 0.870 e. The minimum atomic E-state index is -6.09. The van der Waals surface area contributed by atoms with E-state index in [-0.39, 0.29) is 102 Å². The van der Waals surface area contributed by atoms with E-state index in [4.69, 9.17) is 50.2 Å². The first-order valence-corrected chi connectivity index (χ1v) is 15.8. The fourth-order valence-electron chi connectivity index (χ4n) is 2.68. The van der Waals surface area contributed by atoms with Gasteiger partial charge in [0, 0.05) is 19.4 Å². The van der Waals surface area contributed by atoms with Gasteiger partial charge in [-0.05, 0) is 23.3 Å². The van der Waals surface area contributed by atoms with Gasteiger partial charge in [0.05, 0.1) is 45.6 Å². The van der Waals surface area contributed by atoms with E-state index in [1.54, 1.807) is 42.5 Å². The molecule has 51 heavy (non-hydrogen) atoms. The molecule has 3 rings (SSSR count). The molecule has 1 aliphatic heterocycles. The van der Waals surface area contributed by atoms with E-state index in [1.165, 1.54) is 19.4 Å². The number of para-hydroxylation sites is 2. The maximum Gasteiger partial charge on any atom is 2.00 e. The number of hydrogen-bond acceptors (Lipinski definition) is 15. The normalized spacial score (nSPS) is 14.3. The summed E-state index contributed by atoms with van der Waals surface area (Å²) in [6.07, 6.45) is 3.02. The summed E-state index contributed by atoms with van der Waals surface area (Å²) in [7, 11) is -12.2. The van der Waals surface area contributed by atoms with Crippen LogP contribution in [0, 0.1) is 11.3 Å². The number of nitrogens with zero attached hydrogens (tertiary/aromatic N) is 3. The molecule has 0 radical (unpaired) electrons. The maximum atomic E-state index is 12.4. The summed E-state index contributed by atoms with van der Waals surface area (Å²) >= 11 is 0. The summed E-state index contributed by atoms with van der Waals surface area (Å²) in [5, 5.41) is 32.1. The largest absolute Gasteiger partial charge is 2.00 e. The molecule has 1 aliphatic rings. The van der Waals surface area contributed by atoms with E-state index < -0.39 is 31.3 Å². The Bertz CT molecular complexity index is 1510. The number of rotatable bonds is 0. The Morgan fingerprint density at radius 1 is 0.686 bits per heavy atom. The van der Waals surface area contributed by atoms with Crippen LogP contribution in [0.15, 0.2) is 46.4 Å². The zero-order valence-electron chi connectivity index (χ0n) is 26.2. The zero-order chi connectivity index (χ0) is 37.7. The number of aliphatic imine (C=N–C) groups is 2. The van der Waals surface area contributed by atoms with Gasteiger partial charge in [0.2, 0.25) is 0 Å². The molecular weight excluding hydrogens is 918 g/mol. The van der Waals surface area contributed by atoms with Gasteiger partial charge in [-0.25, -0.2) is 16.8 Å². The fraction of sp³-hybridized carbons (Fsp3) is 0.423. The Kier molecular flexibility index (Phi) is 27.8. The van der Waals surface area contributed by atoms with Crippen LogP contribution in [0.1, 0.15) is 18.1 Å². The maximum absolute atomic E-state index is 12.4. The van der Waals surface area contributed by atoms with Crippen LogP contribution in [0.5, 0.6) is 23.0 Å². The fourth-order valence-corrected chi connectivity index (χ4v) is 2.68. The van der Waals surface area contributed by atoms with Crippen LogP contribution in [0.2, 0.25) is 0 Å². The molecule has 0 N–H and O–H groups in total. The van der Waals surface area contributed by atoms with E-state index in [2.05, 4.69) is 9.98 Å². The van der Waals surface area contributed by atoms with Crippen molar-refractivity contribution in [2.75, 3.05) is 52.7 Å². The first kappa shape index (κ1) is 53.2. The second kappa shape index (κ2) is 26.6. The minimum absolute atomic E-state index is 0. The molecule has 0 aromatic heterocycles. The molecule has 4 bridgehead atoms. The third-order valence-corrected chi connectivity index (χ3v) is 5.88. The summed E-state index contributed by atoms with van der Waals surface area (Å²) in [4.78, 5) is 8.47. The van der Waals surface area contributed by atoms with Crippen LogP contribution in [0.4, 0.5) is 26.3 Å². The van der Waals surface area contributed by atoms with Crippen molar-refractivity contribution in [1.29, 1.82) is 5.26 Å². The van der Waals surface area contributed by atoms with Crippen LogP contribution in [0.3, 0.4) is 0 Å². The molecule has 0 saturated carbocycles. The first-order chi connectivity index (χ1) is 22.7. The van der Waals surface area contributed by atoms with E-state index >= 15 is 0 Å². The number of fused-ring (bicyclic) bond motifs is 4. The number of alkyl halides is 6. The molecule has 0 unspecified atom stereocenters. The van der Waals surface area contributed by atoms with Crippen molar-refractivity contribution >= 4 is 81.5 Å². The molecule has 0 aliphatic carbocycles. The Hall–Kier alpha value is -2.12. The predicted molar refractivity (Wildman–Crippen MR) is 158 cm³/mol.